The molecule has 0 fully saturated rings. The fourth-order valence-electron chi connectivity index (χ4n) is 1.96. The van der Waals surface area contributed by atoms with Crippen LogP contribution < -0.4 is 14.8 Å². The minimum Gasteiger partial charge on any atom is -0.435 e. The average Bonchev–Trinajstić information content (AvgIpc) is 2.57. The maximum Gasteiger partial charge on any atom is 0.302 e. The second-order valence-electron chi connectivity index (χ2n) is 5.09. The molecule has 2 rings (SSSR count). The van der Waals surface area contributed by atoms with E-state index < -0.39 is 22.3 Å². The van der Waals surface area contributed by atoms with Gasteiger partial charge in [0, 0.05) is 11.0 Å². The summed E-state index contributed by atoms with van der Waals surface area (Å²) < 4.78 is 9.81. The second kappa shape index (κ2) is 4.88. The Morgan fingerprint density at radius 2 is 1.81 bits per heavy atom. The molecule has 10 radical (unpaired) electrons. The molecule has 1 heterocycles. The van der Waals surface area contributed by atoms with E-state index in [1.807, 2.05) is 0 Å². The van der Waals surface area contributed by atoms with E-state index in [2.05, 4.69) is 5.32 Å². The van der Waals surface area contributed by atoms with Crippen molar-refractivity contribution in [3.8, 4) is 11.5 Å². The van der Waals surface area contributed by atoms with Crippen molar-refractivity contribution >= 4 is 45.0 Å². The first-order chi connectivity index (χ1) is 9.40. The molecule has 0 spiro atoms. The second-order valence-corrected chi connectivity index (χ2v) is 5.09. The summed E-state index contributed by atoms with van der Waals surface area (Å²) in [5.41, 5.74) is -1.46. The summed E-state index contributed by atoms with van der Waals surface area (Å²) in [5.74, 6) is -2.53. The van der Waals surface area contributed by atoms with Crippen molar-refractivity contribution in [2.75, 3.05) is 0 Å². The van der Waals surface area contributed by atoms with Crippen LogP contribution in [0.5, 0.6) is 11.5 Å². The number of ketones is 1. The fourth-order valence-corrected chi connectivity index (χ4v) is 1.96. The van der Waals surface area contributed by atoms with Gasteiger partial charge < -0.3 is 19.9 Å². The molecule has 1 aromatic carbocycles. The summed E-state index contributed by atoms with van der Waals surface area (Å²) in [6.45, 7) is 1.36. The van der Waals surface area contributed by atoms with E-state index in [1.165, 1.54) is 25.1 Å². The zero-order chi connectivity index (χ0) is 16.1. The Kier molecular flexibility index (Phi) is 3.75. The monoisotopic (exact) mass is 273 g/mol. The minimum atomic E-state index is -2.27. The van der Waals surface area contributed by atoms with Crippen molar-refractivity contribution in [2.24, 2.45) is 0 Å². The van der Waals surface area contributed by atoms with Gasteiger partial charge in [-0.3, -0.25) is 4.79 Å². The number of ether oxygens (including phenoxy) is 2. The first-order valence-electron chi connectivity index (χ1n) is 5.93. The van der Waals surface area contributed by atoms with Gasteiger partial charge in [0.1, 0.15) is 7.85 Å². The number of hydrogen-bond acceptors (Lipinski definition) is 5. The van der Waals surface area contributed by atoms with Crippen LogP contribution in [-0.2, 0) is 0 Å². The molecule has 10 heteroatoms. The molecule has 1 aromatic rings. The Hall–Kier alpha value is -1.27. The van der Waals surface area contributed by atoms with Crippen molar-refractivity contribution in [1.29, 1.82) is 0 Å². The highest BCUT2D eigenvalue weighted by atomic mass is 16.8. The van der Waals surface area contributed by atoms with Gasteiger partial charge in [-0.05, 0) is 25.1 Å². The summed E-state index contributed by atoms with van der Waals surface area (Å²) in [6.07, 6.45) is 0. The van der Waals surface area contributed by atoms with Gasteiger partial charge in [-0.25, -0.2) is 0 Å². The van der Waals surface area contributed by atoms with Crippen LogP contribution in [0.4, 0.5) is 0 Å². The first-order valence-corrected chi connectivity index (χ1v) is 5.93. The number of nitrogens with one attached hydrogen (secondary N) is 1. The predicted octanol–water partition coefficient (Wildman–Crippen LogP) is -2.00. The molecular formula is C11H8B5NO4. The predicted molar refractivity (Wildman–Crippen MR) is 80.0 cm³/mol. The standard InChI is InChI=1S/C11H8B5NO4/c1-9(12,17-10(13,14)15)8(18)5-2-3-6-7(4-5)21-11(16,19)20-6/h2-4,17,19H,1H3/t9-,11?/m0/s1. The van der Waals surface area contributed by atoms with Crippen molar-refractivity contribution in [3.05, 3.63) is 23.8 Å². The molecule has 1 aliphatic rings. The first kappa shape index (κ1) is 16.1. The van der Waals surface area contributed by atoms with Gasteiger partial charge in [0.05, 0.1) is 23.5 Å². The van der Waals surface area contributed by atoms with Crippen LogP contribution in [-0.4, -0.2) is 66.7 Å². The number of benzene rings is 1. The zero-order valence-electron chi connectivity index (χ0n) is 11.3. The van der Waals surface area contributed by atoms with E-state index in [0.29, 0.717) is 0 Å². The molecular weight excluding hydrogens is 264 g/mol. The Labute approximate surface area is 129 Å². The Morgan fingerprint density at radius 3 is 2.38 bits per heavy atom. The lowest BCUT2D eigenvalue weighted by Gasteiger charge is -2.35. The minimum absolute atomic E-state index is 0.0983. The molecule has 0 aromatic heterocycles. The van der Waals surface area contributed by atoms with Crippen molar-refractivity contribution < 1.29 is 19.4 Å². The van der Waals surface area contributed by atoms with Crippen molar-refractivity contribution in [2.45, 2.75) is 23.5 Å². The van der Waals surface area contributed by atoms with E-state index in [9.17, 15) is 9.90 Å². The highest BCUT2D eigenvalue weighted by Gasteiger charge is 2.36. The lowest BCUT2D eigenvalue weighted by atomic mass is 9.48. The summed E-state index contributed by atoms with van der Waals surface area (Å²) in [7, 11) is 27.2. The summed E-state index contributed by atoms with van der Waals surface area (Å²) in [5, 5.41) is 9.99. The van der Waals surface area contributed by atoms with E-state index in [-0.39, 0.29) is 17.1 Å². The SMILES string of the molecule is [B]C([B])([B])N[C@@]([B])(C)C(=O)c1ccc2c(c1)OC([B])(O)O2. The van der Waals surface area contributed by atoms with Crippen LogP contribution in [0.2, 0.25) is 0 Å². The third-order valence-corrected chi connectivity index (χ3v) is 2.67. The van der Waals surface area contributed by atoms with Gasteiger partial charge in [-0.15, -0.1) is 0 Å². The van der Waals surface area contributed by atoms with Crippen LogP contribution in [0.25, 0.3) is 0 Å². The van der Waals surface area contributed by atoms with Gasteiger partial charge in [0.2, 0.25) is 7.85 Å². The highest BCUT2D eigenvalue weighted by molar-refractivity contribution is 6.59. The molecule has 21 heavy (non-hydrogen) atoms. The molecule has 0 saturated carbocycles. The normalized spacial score (nSPS) is 23.5. The van der Waals surface area contributed by atoms with Gasteiger partial charge in [-0.1, -0.05) is 5.24 Å². The molecule has 2 atom stereocenters. The Morgan fingerprint density at radius 1 is 1.24 bits per heavy atom. The van der Waals surface area contributed by atoms with Gasteiger partial charge in [-0.2, -0.15) is 0 Å². The lowest BCUT2D eigenvalue weighted by Crippen LogP contribution is -2.62. The largest absolute Gasteiger partial charge is 0.435 e. The number of carbonyl (C=O) groups is 1. The molecule has 96 valence electrons. The number of fused-ring (bicyclic) bond motifs is 1. The van der Waals surface area contributed by atoms with E-state index in [0.717, 1.165) is 0 Å². The van der Waals surface area contributed by atoms with Gasteiger partial charge >= 0.3 is 5.87 Å². The van der Waals surface area contributed by atoms with Gasteiger partial charge in [0.15, 0.2) is 17.3 Å². The molecule has 1 unspecified atom stereocenters. The number of rotatable bonds is 4. The van der Waals surface area contributed by atoms with E-state index >= 15 is 0 Å². The summed E-state index contributed by atoms with van der Waals surface area (Å²) in [4.78, 5) is 12.4. The Bertz CT molecular complexity index is 584. The summed E-state index contributed by atoms with van der Waals surface area (Å²) in [6, 6.07) is 4.15. The molecule has 0 saturated heterocycles. The van der Waals surface area contributed by atoms with Crippen LogP contribution in [0.1, 0.15) is 17.3 Å². The third-order valence-electron chi connectivity index (χ3n) is 2.67. The third kappa shape index (κ3) is 3.68. The molecule has 0 bridgehead atoms. The number of hydrogen-bond donors (Lipinski definition) is 2. The number of Topliss-reactive ketones (excluding diaryl/α,β-unsaturated/α-hetero) is 1. The van der Waals surface area contributed by atoms with Crippen LogP contribution in [0.15, 0.2) is 18.2 Å². The topological polar surface area (TPSA) is 67.8 Å². The maximum absolute atomic E-state index is 12.4. The highest BCUT2D eigenvalue weighted by Crippen LogP contribution is 2.38. The molecule has 2 N–H and O–H groups in total. The number of aliphatic hydroxyl groups is 1. The molecule has 5 nitrogen and oxygen atoms in total. The molecule has 1 aliphatic heterocycles. The van der Waals surface area contributed by atoms with E-state index in [4.69, 9.17) is 48.7 Å². The van der Waals surface area contributed by atoms with E-state index in [1.54, 1.807) is 0 Å². The van der Waals surface area contributed by atoms with Crippen molar-refractivity contribution in [3.63, 3.8) is 0 Å². The zero-order valence-corrected chi connectivity index (χ0v) is 11.3. The van der Waals surface area contributed by atoms with Crippen molar-refractivity contribution in [1.82, 2.24) is 5.32 Å². The summed E-state index contributed by atoms with van der Waals surface area (Å²) >= 11 is 0. The van der Waals surface area contributed by atoms with Gasteiger partial charge in [0.25, 0.3) is 0 Å². The number of carbonyl (C=O) groups excluding carboxylic acids is 1. The Balaban J connectivity index is 2.26. The van der Waals surface area contributed by atoms with Crippen LogP contribution in [0.3, 0.4) is 0 Å². The quantitative estimate of drug-likeness (QED) is 0.490. The molecule has 0 aliphatic carbocycles. The van der Waals surface area contributed by atoms with Crippen LogP contribution in [0, 0.1) is 0 Å². The molecule has 0 amide bonds. The van der Waals surface area contributed by atoms with Crippen LogP contribution >= 0.6 is 0 Å². The lowest BCUT2D eigenvalue weighted by molar-refractivity contribution is -0.178. The maximum atomic E-state index is 12.4. The smallest absolute Gasteiger partial charge is 0.302 e. The average molecular weight is 272 g/mol. The fraction of sp³-hybridized carbons (Fsp3) is 0.364.